The lowest BCUT2D eigenvalue weighted by atomic mass is 10.5. The van der Waals surface area contributed by atoms with Crippen LogP contribution in [0.25, 0.3) is 0 Å². The Labute approximate surface area is 122 Å². The van der Waals surface area contributed by atoms with Gasteiger partial charge in [0, 0.05) is 18.1 Å². The number of rotatable bonds is 9. The van der Waals surface area contributed by atoms with Crippen LogP contribution in [0.4, 0.5) is 9.59 Å². The lowest BCUT2D eigenvalue weighted by molar-refractivity contribution is -0.689. The highest BCUT2D eigenvalue weighted by molar-refractivity contribution is 5.67. The number of ether oxygens (including phenoxy) is 2. The minimum atomic E-state index is -0.626. The van der Waals surface area contributed by atoms with Crippen molar-refractivity contribution in [2.75, 3.05) is 39.4 Å². The van der Waals surface area contributed by atoms with Gasteiger partial charge in [-0.2, -0.15) is 0 Å². The van der Waals surface area contributed by atoms with Crippen LogP contribution < -0.4 is 10.6 Å². The van der Waals surface area contributed by atoms with Gasteiger partial charge in [0.25, 0.3) is 0 Å². The van der Waals surface area contributed by atoms with Gasteiger partial charge < -0.3 is 30.5 Å². The van der Waals surface area contributed by atoms with Crippen LogP contribution >= 0.6 is 0 Å². The average Bonchev–Trinajstić information content (AvgIpc) is 2.45. The van der Waals surface area contributed by atoms with E-state index in [0.717, 1.165) is 5.01 Å². The molecule has 2 amide bonds. The monoisotopic (exact) mass is 306 g/mol. The molecule has 122 valence electrons. The molecule has 0 rings (SSSR count). The number of hydrogen-bond acceptors (Lipinski definition) is 7. The van der Waals surface area contributed by atoms with Crippen molar-refractivity contribution >= 4 is 12.2 Å². The largest absolute Gasteiger partial charge is 0.737 e. The van der Waals surface area contributed by atoms with Gasteiger partial charge in [-0.15, -0.1) is 5.01 Å². The molecule has 11 nitrogen and oxygen atoms in total. The first kappa shape index (κ1) is 18.5. The molecule has 0 aromatic carbocycles. The van der Waals surface area contributed by atoms with Crippen LogP contribution in [0, 0.1) is 10.4 Å². The van der Waals surface area contributed by atoms with E-state index in [1.54, 1.807) is 13.8 Å². The SMILES string of the molecule is CCOC(=O)NCCN(CCNC(=O)OCC)/[N+]([O-])=N\[O-]. The Hall–Kier alpha value is -2.46. The standard InChI is InChI=1S/C10H21N5O6/c1-3-20-9(16)11-5-7-14(15(19)13-18)8-6-12-10(17)21-4-2/h18H,3-8H2,1-2H3,(H,11,16)(H,12,17)/p-1/b15-13+. The third kappa shape index (κ3) is 9.13. The van der Waals surface area contributed by atoms with Gasteiger partial charge in [-0.3, -0.25) is 0 Å². The Balaban J connectivity index is 4.10. The molecule has 0 atom stereocenters. The van der Waals surface area contributed by atoms with E-state index in [1.807, 2.05) is 0 Å². The quantitative estimate of drug-likeness (QED) is 0.351. The highest BCUT2D eigenvalue weighted by Gasteiger charge is 2.12. The molecule has 0 radical (unpaired) electrons. The molecule has 0 fully saturated rings. The van der Waals surface area contributed by atoms with Gasteiger partial charge in [0.05, 0.1) is 26.3 Å². The van der Waals surface area contributed by atoms with Crippen LogP contribution in [-0.4, -0.2) is 61.6 Å². The van der Waals surface area contributed by atoms with Crippen molar-refractivity contribution in [1.29, 1.82) is 0 Å². The summed E-state index contributed by atoms with van der Waals surface area (Å²) in [4.78, 5) is 21.9. The molecule has 2 N–H and O–H groups in total. The van der Waals surface area contributed by atoms with E-state index in [2.05, 4.69) is 25.4 Å². The van der Waals surface area contributed by atoms with Crippen LogP contribution in [0.5, 0.6) is 0 Å². The van der Waals surface area contributed by atoms with E-state index in [9.17, 15) is 20.0 Å². The molecule has 0 unspecified atom stereocenters. The van der Waals surface area contributed by atoms with Crippen LogP contribution in [0.2, 0.25) is 0 Å². The minimum absolute atomic E-state index is 0.0263. The number of carbonyl (C=O) groups excluding carboxylic acids is 2. The van der Waals surface area contributed by atoms with E-state index in [1.165, 1.54) is 0 Å². The van der Waals surface area contributed by atoms with Crippen molar-refractivity contribution in [1.82, 2.24) is 15.6 Å². The van der Waals surface area contributed by atoms with Crippen LogP contribution in [0.1, 0.15) is 13.8 Å². The fraction of sp³-hybridized carbons (Fsp3) is 0.800. The molecule has 0 aromatic heterocycles. The molecule has 0 spiro atoms. The van der Waals surface area contributed by atoms with E-state index in [4.69, 9.17) is 0 Å². The van der Waals surface area contributed by atoms with Crippen molar-refractivity contribution in [3.8, 4) is 0 Å². The zero-order valence-corrected chi connectivity index (χ0v) is 12.0. The first-order chi connectivity index (χ1) is 10.0. The molecular formula is C10H20N5O6-. The van der Waals surface area contributed by atoms with E-state index >= 15 is 0 Å². The summed E-state index contributed by atoms with van der Waals surface area (Å²) < 4.78 is 9.26. The van der Waals surface area contributed by atoms with Gasteiger partial charge in [0.2, 0.25) is 0 Å². The Morgan fingerprint density at radius 3 is 1.86 bits per heavy atom. The molecule has 0 aliphatic carbocycles. The number of carbonyl (C=O) groups is 2. The lowest BCUT2D eigenvalue weighted by Crippen LogP contribution is -2.42. The molecule has 0 aliphatic rings. The fourth-order valence-corrected chi connectivity index (χ4v) is 1.27. The molecule has 11 heteroatoms. The van der Waals surface area contributed by atoms with Crippen LogP contribution in [-0.2, 0) is 9.47 Å². The van der Waals surface area contributed by atoms with Gasteiger partial charge >= 0.3 is 12.2 Å². The van der Waals surface area contributed by atoms with Gasteiger partial charge in [-0.05, 0) is 19.1 Å². The van der Waals surface area contributed by atoms with Crippen molar-refractivity contribution < 1.29 is 24.0 Å². The summed E-state index contributed by atoms with van der Waals surface area (Å²) in [6.45, 7) is 3.96. The zero-order chi connectivity index (χ0) is 16.1. The molecule has 0 saturated carbocycles. The molecule has 0 aromatic rings. The topological polar surface area (TPSA) is 141 Å². The second-order valence-corrected chi connectivity index (χ2v) is 3.58. The van der Waals surface area contributed by atoms with Crippen LogP contribution in [0.15, 0.2) is 5.28 Å². The number of hydrogen-bond donors (Lipinski definition) is 2. The van der Waals surface area contributed by atoms with Gasteiger partial charge in [0.15, 0.2) is 0 Å². The number of nitrogens with one attached hydrogen (secondary N) is 2. The van der Waals surface area contributed by atoms with Crippen molar-refractivity contribution in [2.45, 2.75) is 13.8 Å². The van der Waals surface area contributed by atoms with Crippen molar-refractivity contribution in [3.63, 3.8) is 0 Å². The smallest absolute Gasteiger partial charge is 0.407 e. The van der Waals surface area contributed by atoms with Crippen molar-refractivity contribution in [2.24, 2.45) is 5.28 Å². The Morgan fingerprint density at radius 2 is 1.52 bits per heavy atom. The molecule has 0 aliphatic heterocycles. The second-order valence-electron chi connectivity index (χ2n) is 3.58. The Bertz CT molecular complexity index is 327. The summed E-state index contributed by atoms with van der Waals surface area (Å²) in [5, 5.41) is 29.4. The number of hydrazine groups is 1. The predicted octanol–water partition coefficient (Wildman–Crippen LogP) is 0.156. The summed E-state index contributed by atoms with van der Waals surface area (Å²) >= 11 is 0. The maximum Gasteiger partial charge on any atom is 0.407 e. The molecule has 0 heterocycles. The van der Waals surface area contributed by atoms with E-state index < -0.39 is 12.2 Å². The molecule has 0 bridgehead atoms. The third-order valence-corrected chi connectivity index (χ3v) is 2.14. The van der Waals surface area contributed by atoms with Gasteiger partial charge in [-0.25, -0.2) is 9.59 Å². The molecular weight excluding hydrogens is 286 g/mol. The minimum Gasteiger partial charge on any atom is -0.737 e. The van der Waals surface area contributed by atoms with Gasteiger partial charge in [0.1, 0.15) is 0 Å². The van der Waals surface area contributed by atoms with Gasteiger partial charge in [-0.1, -0.05) is 0 Å². The van der Waals surface area contributed by atoms with E-state index in [0.29, 0.717) is 0 Å². The number of alkyl carbamates (subject to hydrolysis) is 2. The maximum atomic E-state index is 11.2. The Morgan fingerprint density at radius 1 is 1.10 bits per heavy atom. The molecule has 0 saturated heterocycles. The number of amides is 2. The van der Waals surface area contributed by atoms with Crippen LogP contribution in [0.3, 0.4) is 0 Å². The summed E-state index contributed by atoms with van der Waals surface area (Å²) in [6.07, 6.45) is -1.25. The highest BCUT2D eigenvalue weighted by atomic mass is 16.6. The lowest BCUT2D eigenvalue weighted by Gasteiger charge is -2.19. The number of nitrogens with zero attached hydrogens (tertiary/aromatic N) is 3. The first-order valence-electron chi connectivity index (χ1n) is 6.41. The molecule has 21 heavy (non-hydrogen) atoms. The maximum absolute atomic E-state index is 11.2. The zero-order valence-electron chi connectivity index (χ0n) is 12.0. The third-order valence-electron chi connectivity index (χ3n) is 2.14. The van der Waals surface area contributed by atoms with E-state index in [-0.39, 0.29) is 44.4 Å². The second kappa shape index (κ2) is 11.4. The summed E-state index contributed by atoms with van der Waals surface area (Å²) in [5.74, 6) is 0. The fourth-order valence-electron chi connectivity index (χ4n) is 1.27. The summed E-state index contributed by atoms with van der Waals surface area (Å²) in [7, 11) is 0. The first-order valence-corrected chi connectivity index (χ1v) is 6.41. The Kier molecular flexibility index (Phi) is 10.0. The highest BCUT2D eigenvalue weighted by Crippen LogP contribution is 1.90. The summed E-state index contributed by atoms with van der Waals surface area (Å²) in [5.41, 5.74) is 0. The average molecular weight is 306 g/mol. The normalized spacial score (nSPS) is 10.7. The van der Waals surface area contributed by atoms with Crippen molar-refractivity contribution in [3.05, 3.63) is 10.4 Å². The summed E-state index contributed by atoms with van der Waals surface area (Å²) in [6, 6.07) is 0. The predicted molar refractivity (Wildman–Crippen MR) is 71.0 cm³/mol.